The van der Waals surface area contributed by atoms with E-state index in [-0.39, 0.29) is 4.90 Å². The van der Waals surface area contributed by atoms with E-state index in [1.54, 1.807) is 6.92 Å². The molecule has 0 unspecified atom stereocenters. The molecule has 100 valence electrons. The lowest BCUT2D eigenvalue weighted by molar-refractivity contribution is -0.110. The summed E-state index contributed by atoms with van der Waals surface area (Å²) < 4.78 is 74.3. The average molecular weight is 284 g/mol. The molecular weight excluding hydrogens is 276 g/mol. The molecule has 0 amide bonds. The van der Waals surface area contributed by atoms with Crippen LogP contribution in [0.2, 0.25) is 0 Å². The van der Waals surface area contributed by atoms with E-state index in [9.17, 15) is 26.0 Å². The van der Waals surface area contributed by atoms with Gasteiger partial charge in [-0.05, 0) is 19.1 Å². The van der Waals surface area contributed by atoms with Crippen LogP contribution in [0.25, 0.3) is 0 Å². The standard InChI is InChI=1S/C10H8F4O3S/c1-7-2-4-8(5-3-7)18(15,16)17-6-9(11)10(12,13)14/h2-6H,1H3. The summed E-state index contributed by atoms with van der Waals surface area (Å²) in [5, 5.41) is 0. The van der Waals surface area contributed by atoms with Gasteiger partial charge in [0, 0.05) is 0 Å². The second-order valence-corrected chi connectivity index (χ2v) is 4.90. The second kappa shape index (κ2) is 4.97. The Hall–Kier alpha value is -1.57. The highest BCUT2D eigenvalue weighted by molar-refractivity contribution is 7.86. The normalized spacial score (nSPS) is 13.5. The number of allylic oxidation sites excluding steroid dienone is 1. The number of halogens is 4. The minimum absolute atomic E-state index is 0.362. The van der Waals surface area contributed by atoms with Crippen molar-refractivity contribution in [3.8, 4) is 0 Å². The van der Waals surface area contributed by atoms with Crippen molar-refractivity contribution in [3.63, 3.8) is 0 Å². The molecule has 1 rings (SSSR count). The summed E-state index contributed by atoms with van der Waals surface area (Å²) >= 11 is 0. The van der Waals surface area contributed by atoms with Crippen LogP contribution in [-0.2, 0) is 14.3 Å². The number of benzene rings is 1. The number of aryl methyl sites for hydroxylation is 1. The maximum absolute atomic E-state index is 12.4. The molecule has 0 fully saturated rings. The minimum Gasteiger partial charge on any atom is -0.384 e. The minimum atomic E-state index is -5.28. The first-order valence-corrected chi connectivity index (χ1v) is 5.96. The fraction of sp³-hybridized carbons (Fsp3) is 0.200. The zero-order valence-corrected chi connectivity index (χ0v) is 9.85. The van der Waals surface area contributed by atoms with E-state index in [1.165, 1.54) is 12.1 Å². The first-order valence-electron chi connectivity index (χ1n) is 4.56. The summed E-state index contributed by atoms with van der Waals surface area (Å²) in [5.74, 6) is -2.63. The fourth-order valence-electron chi connectivity index (χ4n) is 0.933. The Morgan fingerprint density at radius 3 is 2.17 bits per heavy atom. The number of hydrogen-bond acceptors (Lipinski definition) is 3. The van der Waals surface area contributed by atoms with Crippen LogP contribution in [0.1, 0.15) is 5.56 Å². The fourth-order valence-corrected chi connectivity index (χ4v) is 1.72. The Balaban J connectivity index is 2.94. The molecule has 0 saturated heterocycles. The lowest BCUT2D eigenvalue weighted by Gasteiger charge is -2.05. The predicted molar refractivity (Wildman–Crippen MR) is 54.7 cm³/mol. The lowest BCUT2D eigenvalue weighted by Crippen LogP contribution is -2.10. The van der Waals surface area contributed by atoms with Gasteiger partial charge < -0.3 is 4.18 Å². The van der Waals surface area contributed by atoms with Crippen LogP contribution in [0.4, 0.5) is 17.6 Å². The Kier molecular flexibility index (Phi) is 4.00. The molecule has 8 heteroatoms. The van der Waals surface area contributed by atoms with Crippen molar-refractivity contribution >= 4 is 10.1 Å². The van der Waals surface area contributed by atoms with Gasteiger partial charge >= 0.3 is 16.3 Å². The predicted octanol–water partition coefficient (Wildman–Crippen LogP) is 3.07. The van der Waals surface area contributed by atoms with Crippen LogP contribution in [0.3, 0.4) is 0 Å². The first-order chi connectivity index (χ1) is 8.13. The van der Waals surface area contributed by atoms with Crippen molar-refractivity contribution in [2.24, 2.45) is 0 Å². The molecular formula is C10H8F4O3S. The van der Waals surface area contributed by atoms with Gasteiger partial charge in [0.05, 0.1) is 0 Å². The number of alkyl halides is 3. The van der Waals surface area contributed by atoms with Crippen molar-refractivity contribution in [2.75, 3.05) is 0 Å². The average Bonchev–Trinajstić information content (AvgIpc) is 2.25. The summed E-state index contributed by atoms with van der Waals surface area (Å²) in [6.07, 6.45) is -5.75. The van der Waals surface area contributed by atoms with Gasteiger partial charge in [0.15, 0.2) is 0 Å². The molecule has 0 bridgehead atoms. The Morgan fingerprint density at radius 2 is 1.72 bits per heavy atom. The molecule has 0 saturated carbocycles. The highest BCUT2D eigenvalue weighted by atomic mass is 32.2. The van der Waals surface area contributed by atoms with Gasteiger partial charge in [-0.25, -0.2) is 0 Å². The van der Waals surface area contributed by atoms with Crippen LogP contribution >= 0.6 is 0 Å². The molecule has 1 aromatic carbocycles. The van der Waals surface area contributed by atoms with Gasteiger partial charge in [0.25, 0.3) is 0 Å². The van der Waals surface area contributed by atoms with Gasteiger partial charge in [-0.15, -0.1) is 0 Å². The smallest absolute Gasteiger partial charge is 0.384 e. The molecule has 0 N–H and O–H groups in total. The molecule has 18 heavy (non-hydrogen) atoms. The first kappa shape index (κ1) is 14.5. The molecule has 0 radical (unpaired) electrons. The summed E-state index contributed by atoms with van der Waals surface area (Å²) in [5.41, 5.74) is 0.756. The monoisotopic (exact) mass is 284 g/mol. The zero-order chi connectivity index (χ0) is 14.0. The van der Waals surface area contributed by atoms with Crippen molar-refractivity contribution < 1.29 is 30.2 Å². The molecule has 1 aromatic rings. The Morgan fingerprint density at radius 1 is 1.22 bits per heavy atom. The third-order valence-corrected chi connectivity index (χ3v) is 3.06. The summed E-state index contributed by atoms with van der Waals surface area (Å²) in [6, 6.07) is 5.15. The molecule has 3 nitrogen and oxygen atoms in total. The van der Waals surface area contributed by atoms with E-state index in [0.717, 1.165) is 17.7 Å². The van der Waals surface area contributed by atoms with E-state index in [1.807, 2.05) is 0 Å². The summed E-state index contributed by atoms with van der Waals surface area (Å²) in [7, 11) is -4.45. The van der Waals surface area contributed by atoms with Gasteiger partial charge in [-0.1, -0.05) is 17.7 Å². The molecule has 0 aliphatic carbocycles. The van der Waals surface area contributed by atoms with Gasteiger partial charge in [0.1, 0.15) is 11.2 Å². The van der Waals surface area contributed by atoms with Crippen molar-refractivity contribution in [1.29, 1.82) is 0 Å². The van der Waals surface area contributed by atoms with E-state index in [2.05, 4.69) is 4.18 Å². The van der Waals surface area contributed by atoms with Gasteiger partial charge in [-0.3, -0.25) is 0 Å². The zero-order valence-electron chi connectivity index (χ0n) is 9.03. The Bertz CT molecular complexity index is 543. The topological polar surface area (TPSA) is 43.4 Å². The number of hydrogen-bond donors (Lipinski definition) is 0. The van der Waals surface area contributed by atoms with E-state index in [4.69, 9.17) is 0 Å². The third-order valence-electron chi connectivity index (χ3n) is 1.86. The highest BCUT2D eigenvalue weighted by Crippen LogP contribution is 2.27. The van der Waals surface area contributed by atoms with Crippen LogP contribution in [0.15, 0.2) is 41.2 Å². The van der Waals surface area contributed by atoms with Crippen molar-refractivity contribution in [1.82, 2.24) is 0 Å². The molecule has 0 aliphatic rings. The molecule has 0 atom stereocenters. The van der Waals surface area contributed by atoms with Crippen LogP contribution in [-0.4, -0.2) is 14.6 Å². The Labute approximate surface area is 101 Å². The molecule has 0 aliphatic heterocycles. The SMILES string of the molecule is Cc1ccc(S(=O)(=O)OC=C(F)C(F)(F)F)cc1. The van der Waals surface area contributed by atoms with Crippen molar-refractivity contribution in [2.45, 2.75) is 18.0 Å². The van der Waals surface area contributed by atoms with E-state index in [0.29, 0.717) is 0 Å². The summed E-state index contributed by atoms with van der Waals surface area (Å²) in [6.45, 7) is 1.69. The maximum Gasteiger partial charge on any atom is 0.446 e. The number of rotatable bonds is 3. The lowest BCUT2D eigenvalue weighted by atomic mass is 10.2. The van der Waals surface area contributed by atoms with E-state index >= 15 is 0 Å². The van der Waals surface area contributed by atoms with Crippen LogP contribution < -0.4 is 0 Å². The van der Waals surface area contributed by atoms with Crippen molar-refractivity contribution in [3.05, 3.63) is 41.9 Å². The molecule has 0 heterocycles. The third kappa shape index (κ3) is 3.73. The largest absolute Gasteiger partial charge is 0.446 e. The van der Waals surface area contributed by atoms with Crippen LogP contribution in [0.5, 0.6) is 0 Å². The highest BCUT2D eigenvalue weighted by Gasteiger charge is 2.35. The summed E-state index contributed by atoms with van der Waals surface area (Å²) in [4.78, 5) is -0.362. The molecule has 0 spiro atoms. The van der Waals surface area contributed by atoms with Crippen LogP contribution in [0, 0.1) is 6.92 Å². The van der Waals surface area contributed by atoms with E-state index < -0.39 is 28.4 Å². The molecule has 0 aromatic heterocycles. The van der Waals surface area contributed by atoms with Gasteiger partial charge in [-0.2, -0.15) is 26.0 Å². The van der Waals surface area contributed by atoms with Gasteiger partial charge in [0.2, 0.25) is 5.83 Å². The maximum atomic E-state index is 12.4. The quantitative estimate of drug-likeness (QED) is 0.486. The second-order valence-electron chi connectivity index (χ2n) is 3.33.